The van der Waals surface area contributed by atoms with E-state index in [-0.39, 0.29) is 0 Å². The normalized spacial score (nSPS) is 36.5. The van der Waals surface area contributed by atoms with E-state index in [1.54, 1.807) is 0 Å². The second kappa shape index (κ2) is 6.03. The zero-order valence-electron chi connectivity index (χ0n) is 13.9. The van der Waals surface area contributed by atoms with E-state index >= 15 is 0 Å². The van der Waals surface area contributed by atoms with Gasteiger partial charge < -0.3 is 0 Å². The summed E-state index contributed by atoms with van der Waals surface area (Å²) in [4.78, 5) is 12.2. The molecule has 2 unspecified atom stereocenters. The van der Waals surface area contributed by atoms with Gasteiger partial charge in [-0.2, -0.15) is 0 Å². The maximum Gasteiger partial charge on any atom is 0.136 e. The topological polar surface area (TPSA) is 17.1 Å². The van der Waals surface area contributed by atoms with Gasteiger partial charge >= 0.3 is 0 Å². The number of rotatable bonds is 5. The van der Waals surface area contributed by atoms with Crippen LogP contribution in [0.3, 0.4) is 0 Å². The molecule has 2 saturated carbocycles. The first kappa shape index (κ1) is 15.8. The lowest BCUT2D eigenvalue weighted by Gasteiger charge is -2.43. The fourth-order valence-corrected chi connectivity index (χ4v) is 4.97. The van der Waals surface area contributed by atoms with E-state index in [4.69, 9.17) is 0 Å². The third kappa shape index (κ3) is 2.87. The van der Waals surface area contributed by atoms with Crippen LogP contribution in [0.15, 0.2) is 12.2 Å². The van der Waals surface area contributed by atoms with Crippen LogP contribution >= 0.6 is 0 Å². The first-order valence-electron chi connectivity index (χ1n) is 8.53. The number of hydrogen-bond acceptors (Lipinski definition) is 1. The molecule has 0 aliphatic heterocycles. The predicted octanol–water partition coefficient (Wildman–Crippen LogP) is 5.40. The van der Waals surface area contributed by atoms with Crippen LogP contribution in [0.4, 0.5) is 0 Å². The summed E-state index contributed by atoms with van der Waals surface area (Å²) in [6.45, 7) is 13.4. The minimum absolute atomic E-state index is 0.298. The van der Waals surface area contributed by atoms with Crippen molar-refractivity contribution in [3.05, 3.63) is 12.2 Å². The van der Waals surface area contributed by atoms with Gasteiger partial charge in [-0.05, 0) is 68.6 Å². The van der Waals surface area contributed by atoms with Crippen molar-refractivity contribution in [2.45, 2.75) is 72.6 Å². The molecule has 114 valence electrons. The molecule has 1 heteroatoms. The predicted molar refractivity (Wildman–Crippen MR) is 85.6 cm³/mol. The average molecular weight is 276 g/mol. The van der Waals surface area contributed by atoms with E-state index in [1.165, 1.54) is 24.8 Å². The Balaban J connectivity index is 2.04. The van der Waals surface area contributed by atoms with Crippen LogP contribution in [0.25, 0.3) is 0 Å². The highest BCUT2D eigenvalue weighted by molar-refractivity contribution is 5.83. The zero-order valence-corrected chi connectivity index (χ0v) is 13.9. The van der Waals surface area contributed by atoms with Crippen molar-refractivity contribution in [2.24, 2.45) is 29.1 Å². The van der Waals surface area contributed by atoms with Crippen molar-refractivity contribution in [3.63, 3.8) is 0 Å². The van der Waals surface area contributed by atoms with Gasteiger partial charge in [-0.1, -0.05) is 26.3 Å². The van der Waals surface area contributed by atoms with E-state index in [9.17, 15) is 4.79 Å². The Labute approximate surface area is 125 Å². The Bertz CT molecular complexity index is 383. The molecule has 0 aromatic rings. The standard InChI is InChI=1S/C19H32O/c1-13(2)8-9-14(3)15(4)16-10-11-17-18(20)7-6-12-19(16,17)5/h14-17H,1,6-12H2,2-5H3/t14-,15+,16?,17?,19-/m1/s1. The lowest BCUT2D eigenvalue weighted by molar-refractivity contribution is -0.130. The molecule has 0 N–H and O–H groups in total. The van der Waals surface area contributed by atoms with Gasteiger partial charge in [0, 0.05) is 12.3 Å². The van der Waals surface area contributed by atoms with Crippen LogP contribution in [-0.2, 0) is 4.79 Å². The molecule has 1 nitrogen and oxygen atoms in total. The Morgan fingerprint density at radius 3 is 2.75 bits per heavy atom. The maximum atomic E-state index is 12.2. The molecule has 20 heavy (non-hydrogen) atoms. The molecule has 0 aromatic carbocycles. The highest BCUT2D eigenvalue weighted by Crippen LogP contribution is 2.57. The molecule has 0 aromatic heterocycles. The molecule has 0 bridgehead atoms. The van der Waals surface area contributed by atoms with E-state index in [2.05, 4.69) is 34.3 Å². The first-order chi connectivity index (χ1) is 9.36. The first-order valence-corrected chi connectivity index (χ1v) is 8.53. The van der Waals surface area contributed by atoms with Crippen molar-refractivity contribution < 1.29 is 4.79 Å². The van der Waals surface area contributed by atoms with Crippen molar-refractivity contribution in [1.29, 1.82) is 0 Å². The molecule has 2 fully saturated rings. The second-order valence-corrected chi connectivity index (χ2v) is 7.89. The van der Waals surface area contributed by atoms with Gasteiger partial charge in [0.2, 0.25) is 0 Å². The number of allylic oxidation sites excluding steroid dienone is 1. The number of fused-ring (bicyclic) bond motifs is 1. The van der Waals surface area contributed by atoms with E-state index in [1.807, 2.05) is 0 Å². The number of Topliss-reactive ketones (excluding diaryl/α,β-unsaturated/α-hetero) is 1. The fraction of sp³-hybridized carbons (Fsp3) is 0.842. The van der Waals surface area contributed by atoms with Gasteiger partial charge in [0.25, 0.3) is 0 Å². The minimum Gasteiger partial charge on any atom is -0.299 e. The summed E-state index contributed by atoms with van der Waals surface area (Å²) < 4.78 is 0. The number of carbonyl (C=O) groups excluding carboxylic acids is 1. The summed E-state index contributed by atoms with van der Waals surface area (Å²) >= 11 is 0. The van der Waals surface area contributed by atoms with Crippen molar-refractivity contribution >= 4 is 5.78 Å². The fourth-order valence-electron chi connectivity index (χ4n) is 4.97. The Morgan fingerprint density at radius 1 is 1.40 bits per heavy atom. The molecular formula is C19H32O. The highest BCUT2D eigenvalue weighted by atomic mass is 16.1. The average Bonchev–Trinajstić information content (AvgIpc) is 2.73. The highest BCUT2D eigenvalue weighted by Gasteiger charge is 2.52. The van der Waals surface area contributed by atoms with Gasteiger partial charge in [0.05, 0.1) is 0 Å². The van der Waals surface area contributed by atoms with Crippen molar-refractivity contribution in [2.75, 3.05) is 0 Å². The maximum absolute atomic E-state index is 12.2. The Hall–Kier alpha value is -0.590. The summed E-state index contributed by atoms with van der Waals surface area (Å²) in [6.07, 6.45) is 8.05. The van der Waals surface area contributed by atoms with E-state index < -0.39 is 0 Å². The van der Waals surface area contributed by atoms with Gasteiger partial charge in [0.15, 0.2) is 0 Å². The molecule has 0 saturated heterocycles. The summed E-state index contributed by atoms with van der Waals surface area (Å²) in [7, 11) is 0. The van der Waals surface area contributed by atoms with Crippen LogP contribution in [0.5, 0.6) is 0 Å². The molecule has 0 radical (unpaired) electrons. The smallest absolute Gasteiger partial charge is 0.136 e. The number of hydrogen-bond donors (Lipinski definition) is 0. The molecular weight excluding hydrogens is 244 g/mol. The quantitative estimate of drug-likeness (QED) is 0.614. The summed E-state index contributed by atoms with van der Waals surface area (Å²) in [5, 5.41) is 0. The second-order valence-electron chi connectivity index (χ2n) is 7.89. The van der Waals surface area contributed by atoms with Crippen molar-refractivity contribution in [1.82, 2.24) is 0 Å². The third-order valence-electron chi connectivity index (χ3n) is 6.50. The lowest BCUT2D eigenvalue weighted by Crippen LogP contribution is -2.40. The van der Waals surface area contributed by atoms with Crippen LogP contribution in [0.1, 0.15) is 72.6 Å². The summed E-state index contributed by atoms with van der Waals surface area (Å²) in [5.41, 5.74) is 1.60. The van der Waals surface area contributed by atoms with Gasteiger partial charge in [-0.25, -0.2) is 0 Å². The number of ketones is 1. The van der Waals surface area contributed by atoms with Crippen LogP contribution < -0.4 is 0 Å². The molecule has 5 atom stereocenters. The Morgan fingerprint density at radius 2 is 2.10 bits per heavy atom. The molecule has 0 amide bonds. The van der Waals surface area contributed by atoms with Gasteiger partial charge in [-0.15, -0.1) is 6.58 Å². The van der Waals surface area contributed by atoms with E-state index in [0.717, 1.165) is 43.4 Å². The van der Waals surface area contributed by atoms with Crippen LogP contribution in [-0.4, -0.2) is 5.78 Å². The van der Waals surface area contributed by atoms with Gasteiger partial charge in [-0.3, -0.25) is 4.79 Å². The summed E-state index contributed by atoms with van der Waals surface area (Å²) in [6, 6.07) is 0. The van der Waals surface area contributed by atoms with Crippen LogP contribution in [0.2, 0.25) is 0 Å². The SMILES string of the molecule is C=C(C)CC[C@@H](C)[C@H](C)C1CCC2C(=O)CCC[C@@]21C. The number of carbonyl (C=O) groups is 1. The minimum atomic E-state index is 0.298. The molecule has 2 aliphatic carbocycles. The van der Waals surface area contributed by atoms with E-state index in [0.29, 0.717) is 17.1 Å². The lowest BCUT2D eigenvalue weighted by atomic mass is 9.60. The Kier molecular flexibility index (Phi) is 4.76. The van der Waals surface area contributed by atoms with Crippen LogP contribution in [0, 0.1) is 29.1 Å². The molecule has 0 heterocycles. The van der Waals surface area contributed by atoms with Crippen molar-refractivity contribution in [3.8, 4) is 0 Å². The largest absolute Gasteiger partial charge is 0.299 e. The monoisotopic (exact) mass is 276 g/mol. The third-order valence-corrected chi connectivity index (χ3v) is 6.50. The molecule has 2 rings (SSSR count). The molecule has 2 aliphatic rings. The van der Waals surface area contributed by atoms with Gasteiger partial charge in [0.1, 0.15) is 5.78 Å². The molecule has 0 spiro atoms. The zero-order chi connectivity index (χ0) is 14.9. The summed E-state index contributed by atoms with van der Waals surface area (Å²) in [5.74, 6) is 3.15.